The summed E-state index contributed by atoms with van der Waals surface area (Å²) in [4.78, 5) is 29.5. The molecule has 0 saturated heterocycles. The molecule has 3 aromatic rings. The van der Waals surface area contributed by atoms with Gasteiger partial charge in [0.05, 0.1) is 0 Å². The van der Waals surface area contributed by atoms with Crippen LogP contribution in [0.25, 0.3) is 0 Å². The number of hydrogen-bond acceptors (Lipinski definition) is 3. The van der Waals surface area contributed by atoms with Crippen molar-refractivity contribution in [1.29, 1.82) is 0 Å². The quantitative estimate of drug-likeness (QED) is 0.399. The Bertz CT molecular complexity index is 947. The van der Waals surface area contributed by atoms with E-state index in [0.29, 0.717) is 11.4 Å². The highest BCUT2D eigenvalue weighted by molar-refractivity contribution is 6.06. The van der Waals surface area contributed by atoms with E-state index >= 15 is 0 Å². The van der Waals surface area contributed by atoms with Crippen molar-refractivity contribution in [2.45, 2.75) is 52.4 Å². The normalized spacial score (nSPS) is 10.6. The van der Waals surface area contributed by atoms with Crippen molar-refractivity contribution in [2.75, 3.05) is 10.6 Å². The number of anilines is 2. The summed E-state index contributed by atoms with van der Waals surface area (Å²) >= 11 is 0. The lowest BCUT2D eigenvalue weighted by Gasteiger charge is -2.09. The number of aryl methyl sites for hydroxylation is 2. The number of aromatic nitrogens is 1. The molecule has 3 rings (SSSR count). The minimum absolute atomic E-state index is 0.197. The van der Waals surface area contributed by atoms with Gasteiger partial charge in [-0.05, 0) is 73.2 Å². The zero-order chi connectivity index (χ0) is 22.8. The Morgan fingerprint density at radius 2 is 1.06 bits per heavy atom. The molecule has 1 heterocycles. The van der Waals surface area contributed by atoms with Crippen molar-refractivity contribution in [2.24, 2.45) is 0 Å². The average molecular weight is 430 g/mol. The summed E-state index contributed by atoms with van der Waals surface area (Å²) < 4.78 is 0. The fourth-order valence-electron chi connectivity index (χ4n) is 3.35. The van der Waals surface area contributed by atoms with Crippen LogP contribution in [-0.2, 0) is 12.8 Å². The van der Waals surface area contributed by atoms with Crippen molar-refractivity contribution in [3.05, 3.63) is 89.2 Å². The van der Waals surface area contributed by atoms with Crippen LogP contribution >= 0.6 is 0 Å². The van der Waals surface area contributed by atoms with Crippen molar-refractivity contribution >= 4 is 23.2 Å². The Labute approximate surface area is 190 Å². The van der Waals surface area contributed by atoms with E-state index < -0.39 is 0 Å². The molecule has 0 unspecified atom stereocenters. The highest BCUT2D eigenvalue weighted by Crippen LogP contribution is 2.15. The van der Waals surface area contributed by atoms with Crippen LogP contribution in [0.2, 0.25) is 0 Å². The number of hydrogen-bond donors (Lipinski definition) is 2. The maximum absolute atomic E-state index is 12.6. The lowest BCUT2D eigenvalue weighted by atomic mass is 10.1. The first kappa shape index (κ1) is 23.2. The first-order chi connectivity index (χ1) is 15.6. The summed E-state index contributed by atoms with van der Waals surface area (Å²) in [6.45, 7) is 4.33. The zero-order valence-corrected chi connectivity index (χ0v) is 18.9. The Morgan fingerprint density at radius 3 is 1.44 bits per heavy atom. The summed E-state index contributed by atoms with van der Waals surface area (Å²) in [5, 5.41) is 5.69. The van der Waals surface area contributed by atoms with Crippen molar-refractivity contribution in [1.82, 2.24) is 4.98 Å². The van der Waals surface area contributed by atoms with Gasteiger partial charge in [0, 0.05) is 11.4 Å². The molecule has 5 nitrogen and oxygen atoms in total. The van der Waals surface area contributed by atoms with Gasteiger partial charge in [0.1, 0.15) is 11.4 Å². The monoisotopic (exact) mass is 429 g/mol. The largest absolute Gasteiger partial charge is 0.321 e. The van der Waals surface area contributed by atoms with Gasteiger partial charge in [-0.2, -0.15) is 0 Å². The third kappa shape index (κ3) is 6.77. The molecule has 0 atom stereocenters. The van der Waals surface area contributed by atoms with Crippen LogP contribution < -0.4 is 10.6 Å². The number of amides is 2. The standard InChI is InChI=1S/C27H31N3O2/c1-3-5-8-20-12-16-22(17-13-20)28-26(31)24-10-7-11-25(30-24)27(32)29-23-18-14-21(15-19-23)9-6-4-2/h7,10-19H,3-6,8-9H2,1-2H3,(H,28,31)(H,29,32). The maximum Gasteiger partial charge on any atom is 0.274 e. The average Bonchev–Trinajstić information content (AvgIpc) is 2.83. The predicted molar refractivity (Wildman–Crippen MR) is 130 cm³/mol. The van der Waals surface area contributed by atoms with Crippen LogP contribution in [0.15, 0.2) is 66.7 Å². The SMILES string of the molecule is CCCCc1ccc(NC(=O)c2cccc(C(=O)Nc3ccc(CCCC)cc3)n2)cc1. The van der Waals surface area contributed by atoms with Gasteiger partial charge in [-0.15, -0.1) is 0 Å². The fraction of sp³-hybridized carbons (Fsp3) is 0.296. The number of rotatable bonds is 10. The molecule has 2 aromatic carbocycles. The second kappa shape index (κ2) is 11.8. The number of carbonyl (C=O) groups excluding carboxylic acids is 2. The topological polar surface area (TPSA) is 71.1 Å². The second-order valence-corrected chi connectivity index (χ2v) is 7.92. The Balaban J connectivity index is 1.61. The van der Waals surface area contributed by atoms with E-state index in [-0.39, 0.29) is 23.2 Å². The van der Waals surface area contributed by atoms with E-state index in [1.807, 2.05) is 48.5 Å². The molecule has 2 amide bonds. The van der Waals surface area contributed by atoms with E-state index in [1.165, 1.54) is 11.1 Å². The zero-order valence-electron chi connectivity index (χ0n) is 18.9. The summed E-state index contributed by atoms with van der Waals surface area (Å²) in [6, 6.07) is 20.5. The fourth-order valence-corrected chi connectivity index (χ4v) is 3.35. The molecule has 166 valence electrons. The minimum atomic E-state index is -0.346. The number of benzene rings is 2. The van der Waals surface area contributed by atoms with Gasteiger partial charge in [0.2, 0.25) is 0 Å². The maximum atomic E-state index is 12.6. The Hall–Kier alpha value is -3.47. The highest BCUT2D eigenvalue weighted by Gasteiger charge is 2.13. The number of carbonyl (C=O) groups is 2. The molecule has 1 aromatic heterocycles. The summed E-state index contributed by atoms with van der Waals surface area (Å²) in [6.07, 6.45) is 6.66. The van der Waals surface area contributed by atoms with E-state index in [4.69, 9.17) is 0 Å². The van der Waals surface area contributed by atoms with E-state index in [9.17, 15) is 9.59 Å². The van der Waals surface area contributed by atoms with Gasteiger partial charge < -0.3 is 10.6 Å². The van der Waals surface area contributed by atoms with Crippen LogP contribution in [0.4, 0.5) is 11.4 Å². The molecule has 5 heteroatoms. The van der Waals surface area contributed by atoms with Gasteiger partial charge in [-0.1, -0.05) is 57.0 Å². The van der Waals surface area contributed by atoms with E-state index in [1.54, 1.807) is 18.2 Å². The molecule has 0 fully saturated rings. The Morgan fingerprint density at radius 1 is 0.656 bits per heavy atom. The third-order valence-electron chi connectivity index (χ3n) is 5.28. The molecule has 0 radical (unpaired) electrons. The summed E-state index contributed by atoms with van der Waals surface area (Å²) in [7, 11) is 0. The molecule has 0 aliphatic rings. The molecule has 32 heavy (non-hydrogen) atoms. The van der Waals surface area contributed by atoms with Gasteiger partial charge >= 0.3 is 0 Å². The first-order valence-electron chi connectivity index (χ1n) is 11.4. The lowest BCUT2D eigenvalue weighted by molar-refractivity contribution is 0.101. The number of pyridine rings is 1. The molecule has 0 spiro atoms. The first-order valence-corrected chi connectivity index (χ1v) is 11.4. The van der Waals surface area contributed by atoms with Crippen LogP contribution in [0.3, 0.4) is 0 Å². The van der Waals surface area contributed by atoms with Crippen LogP contribution in [0.5, 0.6) is 0 Å². The van der Waals surface area contributed by atoms with Gasteiger partial charge in [-0.3, -0.25) is 9.59 Å². The highest BCUT2D eigenvalue weighted by atomic mass is 16.2. The molecule has 0 aliphatic heterocycles. The molecule has 0 bridgehead atoms. The second-order valence-electron chi connectivity index (χ2n) is 7.92. The van der Waals surface area contributed by atoms with Crippen molar-refractivity contribution in [3.63, 3.8) is 0 Å². The Kier molecular flexibility index (Phi) is 8.55. The summed E-state index contributed by atoms with van der Waals surface area (Å²) in [5.74, 6) is -0.692. The van der Waals surface area contributed by atoms with Gasteiger partial charge in [0.25, 0.3) is 11.8 Å². The molecular formula is C27H31N3O2. The van der Waals surface area contributed by atoms with Crippen LogP contribution in [0.1, 0.15) is 71.6 Å². The number of nitrogens with one attached hydrogen (secondary N) is 2. The van der Waals surface area contributed by atoms with Gasteiger partial charge in [0.15, 0.2) is 0 Å². The van der Waals surface area contributed by atoms with E-state index in [0.717, 1.165) is 38.5 Å². The predicted octanol–water partition coefficient (Wildman–Crippen LogP) is 6.27. The van der Waals surface area contributed by atoms with Crippen LogP contribution in [-0.4, -0.2) is 16.8 Å². The smallest absolute Gasteiger partial charge is 0.274 e. The minimum Gasteiger partial charge on any atom is -0.321 e. The van der Waals surface area contributed by atoms with E-state index in [2.05, 4.69) is 29.5 Å². The third-order valence-corrected chi connectivity index (χ3v) is 5.28. The summed E-state index contributed by atoms with van der Waals surface area (Å²) in [5.41, 5.74) is 4.30. The van der Waals surface area contributed by atoms with Crippen molar-refractivity contribution in [3.8, 4) is 0 Å². The number of unbranched alkanes of at least 4 members (excludes halogenated alkanes) is 2. The molecule has 0 aliphatic carbocycles. The number of nitrogens with zero attached hydrogens (tertiary/aromatic N) is 1. The molecule has 2 N–H and O–H groups in total. The van der Waals surface area contributed by atoms with Crippen molar-refractivity contribution < 1.29 is 9.59 Å². The van der Waals surface area contributed by atoms with Crippen LogP contribution in [0, 0.1) is 0 Å². The molecular weight excluding hydrogens is 398 g/mol. The molecule has 0 saturated carbocycles. The van der Waals surface area contributed by atoms with Gasteiger partial charge in [-0.25, -0.2) is 4.98 Å². The lowest BCUT2D eigenvalue weighted by Crippen LogP contribution is -2.18.